The highest BCUT2D eigenvalue weighted by atomic mass is 19.1. The fraction of sp³-hybridized carbons (Fsp3) is 0.571. The van der Waals surface area contributed by atoms with E-state index >= 15 is 0 Å². The van der Waals surface area contributed by atoms with Crippen molar-refractivity contribution in [1.82, 2.24) is 5.32 Å². The summed E-state index contributed by atoms with van der Waals surface area (Å²) in [7, 11) is 0. The van der Waals surface area contributed by atoms with Gasteiger partial charge in [0.15, 0.2) is 0 Å². The second kappa shape index (κ2) is 9.17. The lowest BCUT2D eigenvalue weighted by molar-refractivity contribution is -0.123. The Kier molecular flexibility index (Phi) is 6.65. The molecule has 0 bridgehead atoms. The van der Waals surface area contributed by atoms with Crippen molar-refractivity contribution in [2.75, 3.05) is 17.2 Å². The molecule has 3 rings (SSSR count). The van der Waals surface area contributed by atoms with Crippen LogP contribution in [0.15, 0.2) is 18.2 Å². The van der Waals surface area contributed by atoms with Gasteiger partial charge >= 0.3 is 0 Å². The van der Waals surface area contributed by atoms with E-state index in [0.717, 1.165) is 38.5 Å². The van der Waals surface area contributed by atoms with E-state index in [9.17, 15) is 18.8 Å². The number of carbonyl (C=O) groups excluding carboxylic acids is 3. The summed E-state index contributed by atoms with van der Waals surface area (Å²) in [5.41, 5.74) is 0.483. The molecule has 0 aliphatic heterocycles. The Balaban J connectivity index is 1.48. The van der Waals surface area contributed by atoms with Gasteiger partial charge in [0, 0.05) is 30.5 Å². The number of anilines is 2. The molecule has 1 aromatic rings. The zero-order valence-corrected chi connectivity index (χ0v) is 16.2. The molecule has 28 heavy (non-hydrogen) atoms. The molecule has 0 radical (unpaired) electrons. The number of amides is 3. The first-order valence-corrected chi connectivity index (χ1v) is 10.1. The molecule has 1 aromatic carbocycles. The normalized spacial score (nSPS) is 21.6. The Labute approximate surface area is 164 Å². The predicted octanol–water partition coefficient (Wildman–Crippen LogP) is 3.45. The molecular formula is C21H28FN3O3. The van der Waals surface area contributed by atoms with Gasteiger partial charge < -0.3 is 16.0 Å². The Hall–Kier alpha value is -2.44. The van der Waals surface area contributed by atoms with Crippen LogP contribution in [-0.2, 0) is 14.4 Å². The van der Waals surface area contributed by atoms with Crippen LogP contribution in [0.4, 0.5) is 15.8 Å². The average molecular weight is 389 g/mol. The summed E-state index contributed by atoms with van der Waals surface area (Å²) >= 11 is 0. The molecule has 0 spiro atoms. The zero-order valence-electron chi connectivity index (χ0n) is 16.2. The van der Waals surface area contributed by atoms with Crippen LogP contribution in [0.1, 0.15) is 51.9 Å². The lowest BCUT2D eigenvalue weighted by Gasteiger charge is -2.21. The molecule has 2 aliphatic rings. The minimum Gasteiger partial charge on any atom is -0.355 e. The quantitative estimate of drug-likeness (QED) is 0.667. The van der Waals surface area contributed by atoms with E-state index in [2.05, 4.69) is 16.0 Å². The second-order valence-corrected chi connectivity index (χ2v) is 7.93. The van der Waals surface area contributed by atoms with Crippen molar-refractivity contribution in [3.63, 3.8) is 0 Å². The number of benzene rings is 1. The number of rotatable bonds is 7. The van der Waals surface area contributed by atoms with Crippen LogP contribution in [-0.4, -0.2) is 24.3 Å². The van der Waals surface area contributed by atoms with Gasteiger partial charge in [-0.2, -0.15) is 0 Å². The number of hydrogen-bond acceptors (Lipinski definition) is 3. The second-order valence-electron chi connectivity index (χ2n) is 7.93. The molecule has 2 saturated carbocycles. The van der Waals surface area contributed by atoms with Crippen LogP contribution in [0.25, 0.3) is 0 Å². The van der Waals surface area contributed by atoms with Gasteiger partial charge in [0.1, 0.15) is 5.82 Å². The van der Waals surface area contributed by atoms with E-state index < -0.39 is 5.82 Å². The van der Waals surface area contributed by atoms with Gasteiger partial charge in [0.2, 0.25) is 17.7 Å². The molecule has 0 saturated heterocycles. The molecule has 0 heterocycles. The van der Waals surface area contributed by atoms with Gasteiger partial charge in [0.05, 0.1) is 5.69 Å². The van der Waals surface area contributed by atoms with Gasteiger partial charge in [-0.1, -0.05) is 26.2 Å². The third kappa shape index (κ3) is 5.53. The van der Waals surface area contributed by atoms with Crippen molar-refractivity contribution in [3.8, 4) is 0 Å². The number of halogens is 1. The van der Waals surface area contributed by atoms with E-state index in [1.807, 2.05) is 6.92 Å². The molecule has 3 amide bonds. The van der Waals surface area contributed by atoms with Gasteiger partial charge in [-0.25, -0.2) is 4.39 Å². The highest BCUT2D eigenvalue weighted by Gasteiger charge is 2.38. The summed E-state index contributed by atoms with van der Waals surface area (Å²) in [6.07, 6.45) is 5.88. The first kappa shape index (κ1) is 20.3. The van der Waals surface area contributed by atoms with Gasteiger partial charge in [-0.05, 0) is 43.4 Å². The Morgan fingerprint density at radius 2 is 1.79 bits per heavy atom. The fourth-order valence-electron chi connectivity index (χ4n) is 3.64. The zero-order chi connectivity index (χ0) is 20.1. The van der Waals surface area contributed by atoms with E-state index in [1.54, 1.807) is 0 Å². The Morgan fingerprint density at radius 3 is 2.46 bits per heavy atom. The lowest BCUT2D eigenvalue weighted by atomic mass is 9.88. The van der Waals surface area contributed by atoms with Crippen molar-refractivity contribution in [2.45, 2.75) is 51.9 Å². The van der Waals surface area contributed by atoms with Crippen molar-refractivity contribution in [3.05, 3.63) is 24.0 Å². The molecule has 0 unspecified atom stereocenters. The number of carbonyl (C=O) groups is 3. The van der Waals surface area contributed by atoms with Crippen LogP contribution < -0.4 is 16.0 Å². The largest absolute Gasteiger partial charge is 0.355 e. The van der Waals surface area contributed by atoms with Crippen LogP contribution >= 0.6 is 0 Å². The summed E-state index contributed by atoms with van der Waals surface area (Å²) in [4.78, 5) is 36.1. The van der Waals surface area contributed by atoms with Gasteiger partial charge in [-0.15, -0.1) is 0 Å². The SMILES string of the molecule is C[C@H]1C[C@H]1C(=O)NCCC(=O)Nc1ccc(F)c(NC(=O)C2CCCCC2)c1. The lowest BCUT2D eigenvalue weighted by Crippen LogP contribution is -2.29. The van der Waals surface area contributed by atoms with Crippen LogP contribution in [0, 0.1) is 23.6 Å². The molecular weight excluding hydrogens is 361 g/mol. The minimum atomic E-state index is -0.534. The molecule has 2 fully saturated rings. The van der Waals surface area contributed by atoms with Crippen molar-refractivity contribution < 1.29 is 18.8 Å². The van der Waals surface area contributed by atoms with E-state index in [1.165, 1.54) is 18.2 Å². The Bertz CT molecular complexity index is 746. The molecule has 2 atom stereocenters. The first-order chi connectivity index (χ1) is 13.4. The molecule has 0 aromatic heterocycles. The maximum atomic E-state index is 14.1. The van der Waals surface area contributed by atoms with Crippen molar-refractivity contribution in [2.24, 2.45) is 17.8 Å². The minimum absolute atomic E-state index is 0.00482. The summed E-state index contributed by atoms with van der Waals surface area (Å²) in [6, 6.07) is 4.11. The molecule has 152 valence electrons. The maximum Gasteiger partial charge on any atom is 0.227 e. The first-order valence-electron chi connectivity index (χ1n) is 10.1. The monoisotopic (exact) mass is 389 g/mol. The fourth-order valence-corrected chi connectivity index (χ4v) is 3.64. The molecule has 6 nitrogen and oxygen atoms in total. The summed E-state index contributed by atoms with van der Waals surface area (Å²) in [5.74, 6) is -0.558. The number of hydrogen-bond donors (Lipinski definition) is 3. The maximum absolute atomic E-state index is 14.1. The van der Waals surface area contributed by atoms with Crippen molar-refractivity contribution >= 4 is 29.1 Å². The molecule has 2 aliphatic carbocycles. The molecule has 3 N–H and O–H groups in total. The highest BCUT2D eigenvalue weighted by Crippen LogP contribution is 2.37. The summed E-state index contributed by atoms with van der Waals surface area (Å²) < 4.78 is 14.1. The summed E-state index contributed by atoms with van der Waals surface area (Å²) in [5, 5.41) is 8.09. The highest BCUT2D eigenvalue weighted by molar-refractivity contribution is 5.95. The van der Waals surface area contributed by atoms with Gasteiger partial charge in [0.25, 0.3) is 0 Å². The van der Waals surface area contributed by atoms with Gasteiger partial charge in [-0.3, -0.25) is 14.4 Å². The topological polar surface area (TPSA) is 87.3 Å². The summed E-state index contributed by atoms with van der Waals surface area (Å²) in [6.45, 7) is 2.29. The van der Waals surface area contributed by atoms with Crippen LogP contribution in [0.2, 0.25) is 0 Å². The standard InChI is InChI=1S/C21H28FN3O3/c1-13-11-16(13)21(28)23-10-9-19(26)24-15-7-8-17(22)18(12-15)25-20(27)14-5-3-2-4-6-14/h7-8,12-14,16H,2-6,9-11H2,1H3,(H,23,28)(H,24,26)(H,25,27)/t13-,16+/m0/s1. The predicted molar refractivity (Wildman–Crippen MR) is 105 cm³/mol. The van der Waals surface area contributed by atoms with E-state index in [0.29, 0.717) is 11.6 Å². The Morgan fingerprint density at radius 1 is 1.07 bits per heavy atom. The smallest absolute Gasteiger partial charge is 0.227 e. The average Bonchev–Trinajstić information content (AvgIpc) is 3.42. The van der Waals surface area contributed by atoms with Crippen LogP contribution in [0.3, 0.4) is 0 Å². The van der Waals surface area contributed by atoms with Crippen molar-refractivity contribution in [1.29, 1.82) is 0 Å². The van der Waals surface area contributed by atoms with E-state index in [-0.39, 0.29) is 48.2 Å². The third-order valence-corrected chi connectivity index (χ3v) is 5.58. The van der Waals surface area contributed by atoms with Crippen LogP contribution in [0.5, 0.6) is 0 Å². The third-order valence-electron chi connectivity index (χ3n) is 5.58. The molecule has 7 heteroatoms. The number of nitrogens with one attached hydrogen (secondary N) is 3. The van der Waals surface area contributed by atoms with E-state index in [4.69, 9.17) is 0 Å².